The first-order chi connectivity index (χ1) is 4.91. The third-order valence-electron chi connectivity index (χ3n) is 0.691. The molecule has 0 aromatic carbocycles. The molecule has 0 saturated carbocycles. The molecule has 0 unspecified atom stereocenters. The van der Waals surface area contributed by atoms with Crippen molar-refractivity contribution in [1.29, 1.82) is 0 Å². The van der Waals surface area contributed by atoms with Crippen LogP contribution in [0.2, 0.25) is 0 Å². The lowest BCUT2D eigenvalue weighted by Crippen LogP contribution is -1.84. The Kier molecular flexibility index (Phi) is 8.11. The third kappa shape index (κ3) is 7.52. The number of aromatic nitrogens is 2. The molecular weight excluding hydrogens is 148 g/mol. The molecule has 10 heavy (non-hydrogen) atoms. The Hall–Kier alpha value is -0.480. The molecule has 1 aromatic heterocycles. The van der Waals surface area contributed by atoms with Gasteiger partial charge in [-0.15, -0.1) is 21.5 Å². The van der Waals surface area contributed by atoms with Gasteiger partial charge in [-0.3, -0.25) is 0 Å². The van der Waals surface area contributed by atoms with Crippen LogP contribution in [0, 0.1) is 0 Å². The van der Waals surface area contributed by atoms with Gasteiger partial charge < -0.3 is 4.74 Å². The molecule has 0 aliphatic carbocycles. The molecule has 0 bridgehead atoms. The van der Waals surface area contributed by atoms with Crippen molar-refractivity contribution in [3.63, 3.8) is 0 Å². The Morgan fingerprint density at radius 3 is 1.80 bits per heavy atom. The van der Waals surface area contributed by atoms with Crippen LogP contribution >= 0.6 is 11.3 Å². The van der Waals surface area contributed by atoms with Crippen molar-refractivity contribution in [2.45, 2.75) is 13.8 Å². The van der Waals surface area contributed by atoms with Gasteiger partial charge in [0.1, 0.15) is 11.0 Å². The normalized spacial score (nSPS) is 8.20. The van der Waals surface area contributed by atoms with E-state index in [1.165, 1.54) is 11.3 Å². The van der Waals surface area contributed by atoms with Crippen LogP contribution in [0.15, 0.2) is 11.0 Å². The fourth-order valence-electron chi connectivity index (χ4n) is 0.340. The van der Waals surface area contributed by atoms with Crippen LogP contribution in [0.5, 0.6) is 0 Å². The SMILES string of the molecule is CCOCC.c1nncs1. The lowest BCUT2D eigenvalue weighted by atomic mass is 10.8. The first kappa shape index (κ1) is 9.52. The minimum absolute atomic E-state index is 0.844. The van der Waals surface area contributed by atoms with Crippen molar-refractivity contribution in [2.24, 2.45) is 0 Å². The second-order valence-electron chi connectivity index (χ2n) is 1.36. The Morgan fingerprint density at radius 2 is 1.70 bits per heavy atom. The smallest absolute Gasteiger partial charge is 0.103 e. The summed E-state index contributed by atoms with van der Waals surface area (Å²) in [6, 6.07) is 0. The number of hydrogen-bond donors (Lipinski definition) is 0. The number of nitrogens with zero attached hydrogens (tertiary/aromatic N) is 2. The van der Waals surface area contributed by atoms with E-state index in [-0.39, 0.29) is 0 Å². The van der Waals surface area contributed by atoms with Crippen molar-refractivity contribution >= 4 is 11.3 Å². The summed E-state index contributed by atoms with van der Waals surface area (Å²) in [4.78, 5) is 0. The molecule has 1 aromatic rings. The highest BCUT2D eigenvalue weighted by Gasteiger charge is 1.64. The maximum atomic E-state index is 4.83. The molecule has 0 atom stereocenters. The Balaban J connectivity index is 0.000000162. The first-order valence-electron chi connectivity index (χ1n) is 3.18. The fraction of sp³-hybridized carbons (Fsp3) is 0.667. The maximum Gasteiger partial charge on any atom is 0.103 e. The molecule has 0 aliphatic heterocycles. The van der Waals surface area contributed by atoms with Crippen LogP contribution < -0.4 is 0 Å². The number of ether oxygens (including phenoxy) is 1. The van der Waals surface area contributed by atoms with E-state index in [0.717, 1.165) is 13.2 Å². The second-order valence-corrected chi connectivity index (χ2v) is 2.05. The van der Waals surface area contributed by atoms with Gasteiger partial charge >= 0.3 is 0 Å². The summed E-state index contributed by atoms with van der Waals surface area (Å²) in [6.45, 7) is 5.67. The van der Waals surface area contributed by atoms with Crippen LogP contribution in [-0.4, -0.2) is 23.4 Å². The van der Waals surface area contributed by atoms with E-state index in [1.807, 2.05) is 13.8 Å². The van der Waals surface area contributed by atoms with Gasteiger partial charge in [-0.25, -0.2) is 0 Å². The minimum atomic E-state index is 0.844. The third-order valence-corrected chi connectivity index (χ3v) is 1.12. The summed E-state index contributed by atoms with van der Waals surface area (Å²) in [5.74, 6) is 0. The van der Waals surface area contributed by atoms with E-state index in [9.17, 15) is 0 Å². The van der Waals surface area contributed by atoms with Crippen LogP contribution in [0.1, 0.15) is 13.8 Å². The summed E-state index contributed by atoms with van der Waals surface area (Å²) in [5, 5.41) is 6.98. The van der Waals surface area contributed by atoms with Gasteiger partial charge in [0.2, 0.25) is 0 Å². The fourth-order valence-corrected chi connectivity index (χ4v) is 0.612. The zero-order valence-electron chi connectivity index (χ0n) is 6.28. The zero-order valence-corrected chi connectivity index (χ0v) is 7.10. The molecule has 0 amide bonds. The Morgan fingerprint density at radius 1 is 1.20 bits per heavy atom. The van der Waals surface area contributed by atoms with Crippen molar-refractivity contribution in [3.05, 3.63) is 11.0 Å². The van der Waals surface area contributed by atoms with Crippen LogP contribution in [0.25, 0.3) is 0 Å². The van der Waals surface area contributed by atoms with Crippen LogP contribution in [-0.2, 0) is 4.74 Å². The first-order valence-corrected chi connectivity index (χ1v) is 4.12. The van der Waals surface area contributed by atoms with Gasteiger partial charge in [-0.1, -0.05) is 0 Å². The van der Waals surface area contributed by atoms with Gasteiger partial charge in [-0.2, -0.15) is 0 Å². The standard InChI is InChI=1S/C4H10O.C2H2N2S/c1-3-5-4-2;1-3-4-2-5-1/h3-4H2,1-2H3;1-2H. The molecule has 0 saturated heterocycles. The van der Waals surface area contributed by atoms with Gasteiger partial charge in [-0.05, 0) is 13.8 Å². The summed E-state index contributed by atoms with van der Waals surface area (Å²) in [6.07, 6.45) is 0. The molecular formula is C6H12N2OS. The molecule has 58 valence electrons. The molecule has 0 radical (unpaired) electrons. The van der Waals surface area contributed by atoms with E-state index in [2.05, 4.69) is 10.2 Å². The van der Waals surface area contributed by atoms with Gasteiger partial charge in [0.15, 0.2) is 0 Å². The Bertz CT molecular complexity index is 102. The van der Waals surface area contributed by atoms with Crippen molar-refractivity contribution in [1.82, 2.24) is 10.2 Å². The van der Waals surface area contributed by atoms with Gasteiger partial charge in [0.25, 0.3) is 0 Å². The van der Waals surface area contributed by atoms with Gasteiger partial charge in [0, 0.05) is 13.2 Å². The largest absolute Gasteiger partial charge is 0.382 e. The minimum Gasteiger partial charge on any atom is -0.382 e. The molecule has 4 heteroatoms. The monoisotopic (exact) mass is 160 g/mol. The summed E-state index contributed by atoms with van der Waals surface area (Å²) < 4.78 is 4.83. The molecule has 1 heterocycles. The molecule has 3 nitrogen and oxygen atoms in total. The van der Waals surface area contributed by atoms with E-state index < -0.39 is 0 Å². The van der Waals surface area contributed by atoms with E-state index >= 15 is 0 Å². The summed E-state index contributed by atoms with van der Waals surface area (Å²) in [5.41, 5.74) is 3.36. The van der Waals surface area contributed by atoms with Crippen LogP contribution in [0.3, 0.4) is 0 Å². The predicted octanol–water partition coefficient (Wildman–Crippen LogP) is 1.58. The lowest BCUT2D eigenvalue weighted by molar-refractivity contribution is 0.162. The van der Waals surface area contributed by atoms with Gasteiger partial charge in [0.05, 0.1) is 0 Å². The Labute approximate surface area is 65.1 Å². The van der Waals surface area contributed by atoms with E-state index in [1.54, 1.807) is 11.0 Å². The summed E-state index contributed by atoms with van der Waals surface area (Å²) in [7, 11) is 0. The average Bonchev–Trinajstić information content (AvgIpc) is 2.44. The quantitative estimate of drug-likeness (QED) is 0.659. The molecule has 0 fully saturated rings. The topological polar surface area (TPSA) is 35.0 Å². The van der Waals surface area contributed by atoms with Crippen molar-refractivity contribution < 1.29 is 4.74 Å². The van der Waals surface area contributed by atoms with E-state index in [4.69, 9.17) is 4.74 Å². The lowest BCUT2D eigenvalue weighted by Gasteiger charge is -1.86. The van der Waals surface area contributed by atoms with Crippen LogP contribution in [0.4, 0.5) is 0 Å². The van der Waals surface area contributed by atoms with Crippen molar-refractivity contribution in [3.8, 4) is 0 Å². The highest BCUT2D eigenvalue weighted by atomic mass is 32.1. The molecule has 0 N–H and O–H groups in total. The molecule has 0 aliphatic rings. The van der Waals surface area contributed by atoms with E-state index in [0.29, 0.717) is 0 Å². The summed E-state index contributed by atoms with van der Waals surface area (Å²) >= 11 is 1.49. The highest BCUT2D eigenvalue weighted by molar-refractivity contribution is 7.07. The maximum absolute atomic E-state index is 4.83. The molecule has 0 spiro atoms. The second kappa shape index (κ2) is 8.52. The molecule has 1 rings (SSSR count). The predicted molar refractivity (Wildman–Crippen MR) is 42.1 cm³/mol. The van der Waals surface area contributed by atoms with Crippen molar-refractivity contribution in [2.75, 3.05) is 13.2 Å². The highest BCUT2D eigenvalue weighted by Crippen LogP contribution is 1.80. The number of hydrogen-bond acceptors (Lipinski definition) is 4. The average molecular weight is 160 g/mol. The zero-order chi connectivity index (χ0) is 7.66. The number of rotatable bonds is 2.